The topological polar surface area (TPSA) is 158 Å². The van der Waals surface area contributed by atoms with Crippen LogP contribution in [0.3, 0.4) is 0 Å². The number of nitrogens with zero attached hydrogens (tertiary/aromatic N) is 1. The number of carbonyl (C=O) groups is 4. The smallest absolute Gasteiger partial charge is 0.408 e. The predicted octanol–water partition coefficient (Wildman–Crippen LogP) is 5.74. The number of hydrogen-bond acceptors (Lipinski definition) is 9. The van der Waals surface area contributed by atoms with Crippen LogP contribution >= 0.6 is 15.9 Å². The van der Waals surface area contributed by atoms with Crippen molar-refractivity contribution in [2.75, 3.05) is 14.2 Å². The van der Waals surface area contributed by atoms with Gasteiger partial charge in [0.2, 0.25) is 0 Å². The summed E-state index contributed by atoms with van der Waals surface area (Å²) in [6.07, 6.45) is 0.975. The first kappa shape index (κ1) is 37.8. The number of esters is 2. The summed E-state index contributed by atoms with van der Waals surface area (Å²) in [6, 6.07) is 15.4. The van der Waals surface area contributed by atoms with Gasteiger partial charge in [-0.05, 0) is 82.5 Å². The molecule has 0 saturated carbocycles. The van der Waals surface area contributed by atoms with Gasteiger partial charge >= 0.3 is 24.1 Å². The van der Waals surface area contributed by atoms with E-state index >= 15 is 0 Å². The van der Waals surface area contributed by atoms with E-state index in [1.54, 1.807) is 47.7 Å². The third-order valence-corrected chi connectivity index (χ3v) is 6.35. The van der Waals surface area contributed by atoms with Crippen LogP contribution in [0.2, 0.25) is 0 Å². The molecule has 0 bridgehead atoms. The van der Waals surface area contributed by atoms with Crippen LogP contribution in [-0.2, 0) is 41.4 Å². The number of aromatic nitrogens is 2. The highest BCUT2D eigenvalue weighted by Gasteiger charge is 2.26. The van der Waals surface area contributed by atoms with Crippen molar-refractivity contribution < 1.29 is 38.1 Å². The van der Waals surface area contributed by atoms with Gasteiger partial charge in [0, 0.05) is 23.5 Å². The van der Waals surface area contributed by atoms with Gasteiger partial charge in [-0.2, -0.15) is 5.10 Å². The van der Waals surface area contributed by atoms with Crippen molar-refractivity contribution >= 4 is 40.1 Å². The van der Waals surface area contributed by atoms with Crippen LogP contribution < -0.4 is 10.6 Å². The molecule has 3 rings (SSSR count). The Morgan fingerprint density at radius 1 is 0.761 bits per heavy atom. The summed E-state index contributed by atoms with van der Waals surface area (Å²) in [5, 5.41) is 11.9. The molecular formula is C33H43BrN4O8. The number of H-pyrrole nitrogens is 1. The lowest BCUT2D eigenvalue weighted by Crippen LogP contribution is -2.45. The van der Waals surface area contributed by atoms with E-state index < -0.39 is 47.4 Å². The van der Waals surface area contributed by atoms with Gasteiger partial charge in [-0.3, -0.25) is 5.10 Å². The summed E-state index contributed by atoms with van der Waals surface area (Å²) in [5.74, 6) is -1.04. The lowest BCUT2D eigenvalue weighted by Gasteiger charge is -2.22. The quantitative estimate of drug-likeness (QED) is 0.187. The molecule has 0 aliphatic heterocycles. The third-order valence-electron chi connectivity index (χ3n) is 5.86. The maximum absolute atomic E-state index is 12.0. The minimum atomic E-state index is -0.836. The van der Waals surface area contributed by atoms with E-state index in [2.05, 4.69) is 36.8 Å². The minimum Gasteiger partial charge on any atom is -0.467 e. The monoisotopic (exact) mass is 702 g/mol. The van der Waals surface area contributed by atoms with Gasteiger partial charge in [0.1, 0.15) is 23.3 Å². The summed E-state index contributed by atoms with van der Waals surface area (Å²) in [4.78, 5) is 47.6. The molecule has 1 heterocycles. The average Bonchev–Trinajstić information content (AvgIpc) is 3.49. The highest BCUT2D eigenvalue weighted by molar-refractivity contribution is 9.10. The maximum atomic E-state index is 12.0. The SMILES string of the molecule is COC(=O)C(Cc1cccc(-c2ccn[nH]2)c1)NC(=O)OC(C)(C)C.COC(=O)C(Cc1cccc(Br)c1)NC(=O)OC(C)(C)C. The summed E-state index contributed by atoms with van der Waals surface area (Å²) in [5.41, 5.74) is 2.31. The Hall–Kier alpha value is -4.39. The Labute approximate surface area is 278 Å². The second kappa shape index (κ2) is 17.3. The van der Waals surface area contributed by atoms with Gasteiger partial charge in [-0.1, -0.05) is 46.3 Å². The van der Waals surface area contributed by atoms with Crippen LogP contribution in [0.4, 0.5) is 9.59 Å². The predicted molar refractivity (Wildman–Crippen MR) is 176 cm³/mol. The summed E-state index contributed by atoms with van der Waals surface area (Å²) < 4.78 is 20.8. The van der Waals surface area contributed by atoms with Gasteiger partial charge < -0.3 is 29.6 Å². The van der Waals surface area contributed by atoms with Crippen LogP contribution in [0.1, 0.15) is 52.7 Å². The van der Waals surface area contributed by atoms with E-state index in [0.717, 1.165) is 26.9 Å². The molecule has 0 spiro atoms. The number of methoxy groups -OCH3 is 2. The van der Waals surface area contributed by atoms with Crippen molar-refractivity contribution in [3.63, 3.8) is 0 Å². The van der Waals surface area contributed by atoms with Gasteiger partial charge in [-0.15, -0.1) is 0 Å². The van der Waals surface area contributed by atoms with E-state index in [9.17, 15) is 19.2 Å². The van der Waals surface area contributed by atoms with Gasteiger partial charge in [0.15, 0.2) is 0 Å². The first-order valence-electron chi connectivity index (χ1n) is 14.5. The number of hydrogen-bond donors (Lipinski definition) is 3. The van der Waals surface area contributed by atoms with Crippen molar-refractivity contribution in [3.8, 4) is 11.3 Å². The fourth-order valence-electron chi connectivity index (χ4n) is 3.99. The lowest BCUT2D eigenvalue weighted by atomic mass is 10.0. The van der Waals surface area contributed by atoms with E-state index in [1.165, 1.54) is 14.2 Å². The van der Waals surface area contributed by atoms with Gasteiger partial charge in [-0.25, -0.2) is 19.2 Å². The maximum Gasteiger partial charge on any atom is 0.408 e. The summed E-state index contributed by atoms with van der Waals surface area (Å²) in [7, 11) is 2.57. The van der Waals surface area contributed by atoms with Crippen molar-refractivity contribution in [1.82, 2.24) is 20.8 Å². The Kier molecular flexibility index (Phi) is 14.3. The van der Waals surface area contributed by atoms with Crippen LogP contribution in [-0.4, -0.2) is 71.8 Å². The van der Waals surface area contributed by atoms with Gasteiger partial charge in [0.25, 0.3) is 0 Å². The standard InChI is InChI=1S/C18H23N3O4.C15H20BrNO4/c1-18(2,3)25-17(23)20-15(16(22)24-4)11-12-6-5-7-13(10-12)14-8-9-19-21-14;1-15(2,3)21-14(19)17-12(13(18)20-4)9-10-6-5-7-11(16)8-10/h5-10,15H,11H2,1-4H3,(H,19,21)(H,20,23);5-8,12H,9H2,1-4H3,(H,17,19). The molecule has 2 unspecified atom stereocenters. The zero-order valence-electron chi connectivity index (χ0n) is 27.4. The average molecular weight is 704 g/mol. The Balaban J connectivity index is 0.000000326. The molecule has 0 radical (unpaired) electrons. The third kappa shape index (κ3) is 14.1. The van der Waals surface area contributed by atoms with E-state index in [1.807, 2.05) is 54.6 Å². The fourth-order valence-corrected chi connectivity index (χ4v) is 4.44. The second-order valence-corrected chi connectivity index (χ2v) is 13.1. The van der Waals surface area contributed by atoms with E-state index in [0.29, 0.717) is 6.42 Å². The number of nitrogens with one attached hydrogen (secondary N) is 3. The Morgan fingerprint density at radius 3 is 1.65 bits per heavy atom. The van der Waals surface area contributed by atoms with Crippen molar-refractivity contribution in [3.05, 3.63) is 76.4 Å². The molecule has 12 nitrogen and oxygen atoms in total. The molecule has 0 fully saturated rings. The number of alkyl carbamates (subject to hydrolysis) is 2. The highest BCUT2D eigenvalue weighted by Crippen LogP contribution is 2.19. The zero-order chi connectivity index (χ0) is 34.5. The molecule has 46 heavy (non-hydrogen) atoms. The van der Waals surface area contributed by atoms with Crippen molar-refractivity contribution in [2.45, 2.75) is 77.7 Å². The van der Waals surface area contributed by atoms with Crippen molar-refractivity contribution in [2.24, 2.45) is 0 Å². The number of rotatable bonds is 9. The van der Waals surface area contributed by atoms with Crippen LogP contribution in [0.5, 0.6) is 0 Å². The number of benzene rings is 2. The van der Waals surface area contributed by atoms with Crippen LogP contribution in [0.15, 0.2) is 65.3 Å². The van der Waals surface area contributed by atoms with E-state index in [4.69, 9.17) is 18.9 Å². The zero-order valence-corrected chi connectivity index (χ0v) is 29.0. The van der Waals surface area contributed by atoms with Gasteiger partial charge in [0.05, 0.1) is 19.9 Å². The summed E-state index contributed by atoms with van der Waals surface area (Å²) in [6.45, 7) is 10.5. The number of aromatic amines is 1. The molecule has 3 aromatic rings. The molecular weight excluding hydrogens is 660 g/mol. The summed E-state index contributed by atoms with van der Waals surface area (Å²) >= 11 is 3.37. The molecule has 3 N–H and O–H groups in total. The normalized spacial score (nSPS) is 12.4. The second-order valence-electron chi connectivity index (χ2n) is 12.2. The number of ether oxygens (including phenoxy) is 4. The number of carbonyl (C=O) groups excluding carboxylic acids is 4. The molecule has 13 heteroatoms. The molecule has 2 aromatic carbocycles. The van der Waals surface area contributed by atoms with E-state index in [-0.39, 0.29) is 6.42 Å². The molecule has 2 atom stereocenters. The Morgan fingerprint density at radius 2 is 1.24 bits per heavy atom. The molecule has 0 aliphatic rings. The van der Waals surface area contributed by atoms with Crippen LogP contribution in [0.25, 0.3) is 11.3 Å². The molecule has 0 saturated heterocycles. The first-order chi connectivity index (χ1) is 21.5. The number of halogens is 1. The molecule has 250 valence electrons. The molecule has 1 aromatic heterocycles. The molecule has 2 amide bonds. The highest BCUT2D eigenvalue weighted by atomic mass is 79.9. The van der Waals surface area contributed by atoms with Crippen LogP contribution in [0, 0.1) is 0 Å². The fraction of sp³-hybridized carbons (Fsp3) is 0.424. The largest absolute Gasteiger partial charge is 0.467 e. The van der Waals surface area contributed by atoms with Crippen molar-refractivity contribution in [1.29, 1.82) is 0 Å². The first-order valence-corrected chi connectivity index (χ1v) is 15.3. The minimum absolute atomic E-state index is 0.286. The molecule has 0 aliphatic carbocycles. The Bertz CT molecular complexity index is 1450. The lowest BCUT2D eigenvalue weighted by molar-refractivity contribution is -0.143. The number of amides is 2.